The number of hydrogen-bond donors (Lipinski definition) is 0. The van der Waals surface area contributed by atoms with Crippen molar-refractivity contribution in [2.45, 2.75) is 39.5 Å². The second kappa shape index (κ2) is 8.04. The van der Waals surface area contributed by atoms with E-state index in [2.05, 4.69) is 0 Å². The Labute approximate surface area is 204 Å². The Hall–Kier alpha value is -3.48. The van der Waals surface area contributed by atoms with Crippen LogP contribution in [0.3, 0.4) is 0 Å². The molecular weight excluding hydrogens is 444 g/mol. The number of fused-ring (bicyclic) bond motifs is 5. The third-order valence-electron chi connectivity index (χ3n) is 8.32. The Morgan fingerprint density at radius 1 is 0.943 bits per heavy atom. The van der Waals surface area contributed by atoms with Crippen molar-refractivity contribution in [1.82, 2.24) is 0 Å². The van der Waals surface area contributed by atoms with Crippen molar-refractivity contribution in [3.8, 4) is 5.75 Å². The van der Waals surface area contributed by atoms with Gasteiger partial charge >= 0.3 is 5.97 Å². The van der Waals surface area contributed by atoms with Gasteiger partial charge in [-0.05, 0) is 68.7 Å². The molecule has 2 heterocycles. The lowest BCUT2D eigenvalue weighted by atomic mass is 9.81. The van der Waals surface area contributed by atoms with Gasteiger partial charge in [0.25, 0.3) is 0 Å². The van der Waals surface area contributed by atoms with Crippen LogP contribution in [-0.4, -0.2) is 30.2 Å². The lowest BCUT2D eigenvalue weighted by Crippen LogP contribution is -2.32. The second-order valence-electron chi connectivity index (χ2n) is 10.5. The molecule has 35 heavy (non-hydrogen) atoms. The molecule has 0 N–H and O–H groups in total. The van der Waals surface area contributed by atoms with Crippen LogP contribution in [-0.2, 0) is 19.2 Å². The molecule has 4 fully saturated rings. The van der Waals surface area contributed by atoms with Crippen molar-refractivity contribution in [3.63, 3.8) is 0 Å². The summed E-state index contributed by atoms with van der Waals surface area (Å²) in [6.45, 7) is 4.21. The van der Waals surface area contributed by atoms with Gasteiger partial charge in [0.15, 0.2) is 0 Å². The molecular formula is C28H28N2O5. The van der Waals surface area contributed by atoms with Crippen LogP contribution in [0.1, 0.15) is 36.8 Å². The SMILES string of the molecule is Cc1ccc(N2C[C@H](C(=O)Oc3cccc(N4C(=O)[C@@H]5[C@H]6CC[C@@H](C6)[C@H]5C4=O)c3)CC2=O)c(C)c1. The molecule has 0 unspecified atom stereocenters. The number of hydrogen-bond acceptors (Lipinski definition) is 5. The van der Waals surface area contributed by atoms with Crippen molar-refractivity contribution < 1.29 is 23.9 Å². The van der Waals surface area contributed by atoms with Crippen molar-refractivity contribution in [2.24, 2.45) is 29.6 Å². The summed E-state index contributed by atoms with van der Waals surface area (Å²) in [6.07, 6.45) is 3.11. The van der Waals surface area contributed by atoms with E-state index in [1.165, 1.54) is 4.90 Å². The topological polar surface area (TPSA) is 84.0 Å². The van der Waals surface area contributed by atoms with Crippen molar-refractivity contribution in [1.29, 1.82) is 0 Å². The quantitative estimate of drug-likeness (QED) is 0.384. The molecule has 2 saturated carbocycles. The lowest BCUT2D eigenvalue weighted by molar-refractivity contribution is -0.139. The zero-order chi connectivity index (χ0) is 24.4. The van der Waals surface area contributed by atoms with Crippen LogP contribution in [0.2, 0.25) is 0 Å². The highest BCUT2D eigenvalue weighted by atomic mass is 16.5. The van der Waals surface area contributed by atoms with Crippen LogP contribution in [0.15, 0.2) is 42.5 Å². The number of nitrogens with zero attached hydrogens (tertiary/aromatic N) is 2. The van der Waals surface area contributed by atoms with E-state index in [9.17, 15) is 19.2 Å². The molecule has 3 amide bonds. The van der Waals surface area contributed by atoms with Crippen LogP contribution >= 0.6 is 0 Å². The first-order chi connectivity index (χ1) is 16.8. The number of imide groups is 1. The molecule has 2 aliphatic carbocycles. The Kier molecular flexibility index (Phi) is 5.06. The first kappa shape index (κ1) is 22.0. The molecule has 2 bridgehead atoms. The second-order valence-corrected chi connectivity index (χ2v) is 10.5. The zero-order valence-electron chi connectivity index (χ0n) is 19.9. The van der Waals surface area contributed by atoms with Crippen molar-refractivity contribution >= 4 is 35.1 Å². The molecule has 0 aromatic heterocycles. The summed E-state index contributed by atoms with van der Waals surface area (Å²) in [5.41, 5.74) is 3.35. The van der Waals surface area contributed by atoms with E-state index in [-0.39, 0.29) is 48.3 Å². The fraction of sp³-hybridized carbons (Fsp3) is 0.429. The summed E-state index contributed by atoms with van der Waals surface area (Å²) in [7, 11) is 0. The number of carbonyl (C=O) groups excluding carboxylic acids is 4. The number of carbonyl (C=O) groups is 4. The van der Waals surface area contributed by atoms with E-state index in [0.29, 0.717) is 17.5 Å². The molecule has 2 aliphatic heterocycles. The summed E-state index contributed by atoms with van der Waals surface area (Å²) in [5, 5.41) is 0. The fourth-order valence-corrected chi connectivity index (χ4v) is 6.76. The van der Waals surface area contributed by atoms with E-state index in [1.54, 1.807) is 29.2 Å². The van der Waals surface area contributed by atoms with Crippen LogP contribution in [0.4, 0.5) is 11.4 Å². The molecule has 0 radical (unpaired) electrons. The van der Waals surface area contributed by atoms with Gasteiger partial charge in [-0.25, -0.2) is 4.90 Å². The van der Waals surface area contributed by atoms with E-state index < -0.39 is 11.9 Å². The van der Waals surface area contributed by atoms with Crippen LogP contribution in [0.25, 0.3) is 0 Å². The Morgan fingerprint density at radius 2 is 1.66 bits per heavy atom. The standard InChI is InChI=1S/C28H28N2O5/c1-15-6-9-22(16(2)10-15)29-14-19(12-23(29)31)28(34)35-21-5-3-4-20(13-21)30-26(32)24-17-7-8-18(11-17)25(24)27(30)33/h3-6,9-10,13,17-19,24-25H,7-8,11-12,14H2,1-2H3/t17-,18-,19+,24+,25+/m0/s1. The van der Waals surface area contributed by atoms with Gasteiger partial charge in [0.1, 0.15) is 5.75 Å². The summed E-state index contributed by atoms with van der Waals surface area (Å²) in [5.74, 6) is -0.940. The minimum atomic E-state index is -0.586. The molecule has 2 saturated heterocycles. The summed E-state index contributed by atoms with van der Waals surface area (Å²) in [4.78, 5) is 54.8. The Bertz CT molecular complexity index is 1240. The van der Waals surface area contributed by atoms with Crippen LogP contribution in [0.5, 0.6) is 5.75 Å². The predicted octanol–water partition coefficient (Wildman–Crippen LogP) is 3.80. The van der Waals surface area contributed by atoms with Gasteiger partial charge in [0, 0.05) is 24.7 Å². The Balaban J connectivity index is 1.17. The van der Waals surface area contributed by atoms with E-state index in [4.69, 9.17) is 4.74 Å². The average Bonchev–Trinajstić information content (AvgIpc) is 3.58. The highest BCUT2D eigenvalue weighted by Crippen LogP contribution is 2.56. The number of rotatable bonds is 4. The molecule has 0 spiro atoms. The first-order valence-electron chi connectivity index (χ1n) is 12.4. The number of benzene rings is 2. The zero-order valence-corrected chi connectivity index (χ0v) is 19.9. The minimum Gasteiger partial charge on any atom is -0.426 e. The van der Waals surface area contributed by atoms with E-state index in [0.717, 1.165) is 36.1 Å². The molecule has 7 nitrogen and oxygen atoms in total. The van der Waals surface area contributed by atoms with Gasteiger partial charge in [-0.1, -0.05) is 23.8 Å². The van der Waals surface area contributed by atoms with Gasteiger partial charge in [0.2, 0.25) is 17.7 Å². The smallest absolute Gasteiger partial charge is 0.316 e. The maximum absolute atomic E-state index is 13.1. The monoisotopic (exact) mass is 472 g/mol. The number of aryl methyl sites for hydroxylation is 2. The molecule has 4 aliphatic rings. The number of anilines is 2. The molecule has 5 atom stereocenters. The summed E-state index contributed by atoms with van der Waals surface area (Å²) in [6, 6.07) is 12.5. The summed E-state index contributed by atoms with van der Waals surface area (Å²) >= 11 is 0. The van der Waals surface area contributed by atoms with Crippen molar-refractivity contribution in [2.75, 3.05) is 16.3 Å². The predicted molar refractivity (Wildman–Crippen MR) is 129 cm³/mol. The van der Waals surface area contributed by atoms with Gasteiger partial charge in [-0.15, -0.1) is 0 Å². The summed E-state index contributed by atoms with van der Waals surface area (Å²) < 4.78 is 5.63. The third-order valence-corrected chi connectivity index (χ3v) is 8.32. The number of ether oxygens (including phenoxy) is 1. The van der Waals surface area contributed by atoms with Gasteiger partial charge in [-0.2, -0.15) is 0 Å². The highest BCUT2D eigenvalue weighted by Gasteiger charge is 2.61. The molecule has 2 aromatic carbocycles. The maximum atomic E-state index is 13.1. The lowest BCUT2D eigenvalue weighted by Gasteiger charge is -2.19. The van der Waals surface area contributed by atoms with E-state index >= 15 is 0 Å². The van der Waals surface area contributed by atoms with E-state index in [1.807, 2.05) is 32.0 Å². The number of esters is 1. The number of amides is 3. The van der Waals surface area contributed by atoms with Crippen molar-refractivity contribution in [3.05, 3.63) is 53.6 Å². The first-order valence-corrected chi connectivity index (χ1v) is 12.4. The van der Waals surface area contributed by atoms with Gasteiger partial charge in [0.05, 0.1) is 23.4 Å². The molecule has 6 rings (SSSR count). The third kappa shape index (κ3) is 3.48. The Morgan fingerprint density at radius 3 is 2.34 bits per heavy atom. The van der Waals surface area contributed by atoms with Crippen LogP contribution < -0.4 is 14.5 Å². The van der Waals surface area contributed by atoms with Crippen LogP contribution in [0, 0.1) is 43.4 Å². The fourth-order valence-electron chi connectivity index (χ4n) is 6.76. The maximum Gasteiger partial charge on any atom is 0.316 e. The largest absolute Gasteiger partial charge is 0.426 e. The minimum absolute atomic E-state index is 0.0844. The average molecular weight is 473 g/mol. The van der Waals surface area contributed by atoms with Gasteiger partial charge < -0.3 is 9.64 Å². The molecule has 7 heteroatoms. The highest BCUT2D eigenvalue weighted by molar-refractivity contribution is 6.22. The molecule has 2 aromatic rings. The van der Waals surface area contributed by atoms with Gasteiger partial charge in [-0.3, -0.25) is 19.2 Å². The molecule has 180 valence electrons. The normalized spacial score (nSPS) is 29.3.